The lowest BCUT2D eigenvalue weighted by Crippen LogP contribution is -2.25. The summed E-state index contributed by atoms with van der Waals surface area (Å²) in [6, 6.07) is 2.80. The van der Waals surface area contributed by atoms with E-state index in [9.17, 15) is 8.42 Å². The zero-order chi connectivity index (χ0) is 15.9. The fourth-order valence-electron chi connectivity index (χ4n) is 1.95. The van der Waals surface area contributed by atoms with E-state index in [1.165, 1.54) is 31.4 Å². The molecule has 1 rings (SSSR count). The first-order chi connectivity index (χ1) is 9.90. The van der Waals surface area contributed by atoms with Crippen LogP contribution in [0.4, 0.5) is 5.69 Å². The highest BCUT2D eigenvalue weighted by atomic mass is 35.5. The van der Waals surface area contributed by atoms with Crippen LogP contribution in [-0.4, -0.2) is 15.0 Å². The van der Waals surface area contributed by atoms with Crippen molar-refractivity contribution in [3.05, 3.63) is 22.2 Å². The van der Waals surface area contributed by atoms with Gasteiger partial charge >= 0.3 is 0 Å². The molecule has 0 aliphatic heterocycles. The van der Waals surface area contributed by atoms with Crippen LogP contribution in [0.5, 0.6) is 0 Å². The lowest BCUT2D eigenvalue weighted by Gasteiger charge is -2.10. The number of unbranched alkanes of at least 4 members (excludes halogenated alkanes) is 5. The third kappa shape index (κ3) is 5.66. The molecule has 21 heavy (non-hydrogen) atoms. The molecule has 0 aromatic heterocycles. The van der Waals surface area contributed by atoms with Crippen molar-refractivity contribution >= 4 is 38.9 Å². The Hall–Kier alpha value is -0.490. The molecular formula is C14H22Cl2N2O2S. The number of halogens is 2. The standard InChI is InChI=1S/C14H22Cl2N2O2S/c1-2-3-4-5-6-7-10-18-21(19,20)12-9-8-11(15)14(17)13(12)16/h8-9,18H,2-7,10,17H2,1H3. The Balaban J connectivity index is 2.53. The zero-order valence-electron chi connectivity index (χ0n) is 12.2. The van der Waals surface area contributed by atoms with Gasteiger partial charge in [0.1, 0.15) is 4.90 Å². The van der Waals surface area contributed by atoms with Gasteiger partial charge in [-0.15, -0.1) is 0 Å². The normalized spacial score (nSPS) is 11.8. The van der Waals surface area contributed by atoms with E-state index in [0.717, 1.165) is 19.3 Å². The Morgan fingerprint density at radius 2 is 1.71 bits per heavy atom. The third-order valence-electron chi connectivity index (χ3n) is 3.20. The van der Waals surface area contributed by atoms with Crippen LogP contribution in [0.2, 0.25) is 10.0 Å². The number of nitrogens with two attached hydrogens (primary N) is 1. The van der Waals surface area contributed by atoms with E-state index in [1.54, 1.807) is 0 Å². The maximum atomic E-state index is 12.2. The maximum absolute atomic E-state index is 12.2. The van der Waals surface area contributed by atoms with Crippen molar-refractivity contribution < 1.29 is 8.42 Å². The minimum absolute atomic E-state index is 0.0297. The summed E-state index contributed by atoms with van der Waals surface area (Å²) < 4.78 is 26.9. The van der Waals surface area contributed by atoms with Crippen molar-refractivity contribution in [3.8, 4) is 0 Å². The van der Waals surface area contributed by atoms with Gasteiger partial charge in [0.25, 0.3) is 0 Å². The molecule has 7 heteroatoms. The molecule has 0 fully saturated rings. The van der Waals surface area contributed by atoms with Gasteiger partial charge in [0.15, 0.2) is 0 Å². The van der Waals surface area contributed by atoms with Gasteiger partial charge in [0, 0.05) is 6.54 Å². The van der Waals surface area contributed by atoms with E-state index in [2.05, 4.69) is 11.6 Å². The Morgan fingerprint density at radius 1 is 1.10 bits per heavy atom. The minimum atomic E-state index is -3.65. The molecule has 4 nitrogen and oxygen atoms in total. The van der Waals surface area contributed by atoms with Crippen LogP contribution < -0.4 is 10.5 Å². The van der Waals surface area contributed by atoms with Crippen LogP contribution in [0.15, 0.2) is 17.0 Å². The molecule has 0 aliphatic rings. The molecule has 1 aromatic carbocycles. The van der Waals surface area contributed by atoms with Crippen molar-refractivity contribution in [2.45, 2.75) is 50.3 Å². The van der Waals surface area contributed by atoms with Crippen LogP contribution in [0, 0.1) is 0 Å². The molecule has 0 bridgehead atoms. The van der Waals surface area contributed by atoms with Gasteiger partial charge in [-0.1, -0.05) is 62.2 Å². The topological polar surface area (TPSA) is 72.2 Å². The molecular weight excluding hydrogens is 331 g/mol. The average Bonchev–Trinajstić information content (AvgIpc) is 2.43. The number of benzene rings is 1. The Kier molecular flexibility index (Phi) is 7.81. The largest absolute Gasteiger partial charge is 0.396 e. The molecule has 1 aromatic rings. The number of rotatable bonds is 9. The highest BCUT2D eigenvalue weighted by Crippen LogP contribution is 2.32. The zero-order valence-corrected chi connectivity index (χ0v) is 14.5. The van der Waals surface area contributed by atoms with Gasteiger partial charge in [0.05, 0.1) is 15.7 Å². The van der Waals surface area contributed by atoms with Crippen LogP contribution in [-0.2, 0) is 10.0 Å². The van der Waals surface area contributed by atoms with Crippen LogP contribution in [0.1, 0.15) is 45.4 Å². The molecule has 0 atom stereocenters. The highest BCUT2D eigenvalue weighted by molar-refractivity contribution is 7.89. The third-order valence-corrected chi connectivity index (χ3v) is 5.56. The van der Waals surface area contributed by atoms with E-state index in [-0.39, 0.29) is 20.6 Å². The second-order valence-electron chi connectivity index (χ2n) is 4.94. The number of sulfonamides is 1. The van der Waals surface area contributed by atoms with Gasteiger partial charge in [0.2, 0.25) is 10.0 Å². The van der Waals surface area contributed by atoms with E-state index in [4.69, 9.17) is 28.9 Å². The summed E-state index contributed by atoms with van der Waals surface area (Å²) in [5.41, 5.74) is 5.73. The average molecular weight is 353 g/mol. The molecule has 0 radical (unpaired) electrons. The SMILES string of the molecule is CCCCCCCCNS(=O)(=O)c1ccc(Cl)c(N)c1Cl. The molecule has 0 amide bonds. The summed E-state index contributed by atoms with van der Waals surface area (Å²) in [5.74, 6) is 0. The Labute approximate surface area is 137 Å². The fourth-order valence-corrected chi connectivity index (χ4v) is 3.78. The molecule has 3 N–H and O–H groups in total. The summed E-state index contributed by atoms with van der Waals surface area (Å²) in [5, 5.41) is 0.216. The fraction of sp³-hybridized carbons (Fsp3) is 0.571. The smallest absolute Gasteiger partial charge is 0.242 e. The summed E-state index contributed by atoms with van der Waals surface area (Å²) >= 11 is 11.8. The summed E-state index contributed by atoms with van der Waals surface area (Å²) in [6.45, 7) is 2.56. The molecule has 0 spiro atoms. The molecule has 0 saturated heterocycles. The predicted octanol–water partition coefficient (Wildman–Crippen LogP) is 4.21. The van der Waals surface area contributed by atoms with Crippen molar-refractivity contribution in [1.82, 2.24) is 4.72 Å². The van der Waals surface area contributed by atoms with Crippen LogP contribution >= 0.6 is 23.2 Å². The minimum Gasteiger partial charge on any atom is -0.396 e. The second kappa shape index (κ2) is 8.83. The van der Waals surface area contributed by atoms with E-state index >= 15 is 0 Å². The summed E-state index contributed by atoms with van der Waals surface area (Å²) in [7, 11) is -3.65. The predicted molar refractivity (Wildman–Crippen MR) is 89.4 cm³/mol. The lowest BCUT2D eigenvalue weighted by atomic mass is 10.1. The number of nitrogens with one attached hydrogen (secondary N) is 1. The first-order valence-electron chi connectivity index (χ1n) is 7.13. The number of nitrogen functional groups attached to an aromatic ring is 1. The Morgan fingerprint density at radius 3 is 2.38 bits per heavy atom. The van der Waals surface area contributed by atoms with Gasteiger partial charge in [-0.05, 0) is 18.6 Å². The summed E-state index contributed by atoms with van der Waals surface area (Å²) in [4.78, 5) is -0.0305. The monoisotopic (exact) mass is 352 g/mol. The first-order valence-corrected chi connectivity index (χ1v) is 9.37. The molecule has 120 valence electrons. The van der Waals surface area contributed by atoms with Crippen molar-refractivity contribution in [2.75, 3.05) is 12.3 Å². The Bertz CT molecular complexity index is 562. The number of anilines is 1. The molecule has 0 unspecified atom stereocenters. The van der Waals surface area contributed by atoms with Crippen molar-refractivity contribution in [3.63, 3.8) is 0 Å². The van der Waals surface area contributed by atoms with E-state index in [0.29, 0.717) is 6.54 Å². The summed E-state index contributed by atoms with van der Waals surface area (Å²) in [6.07, 6.45) is 6.57. The molecule has 0 heterocycles. The van der Waals surface area contributed by atoms with E-state index in [1.807, 2.05) is 0 Å². The molecule has 0 saturated carbocycles. The van der Waals surface area contributed by atoms with Crippen molar-refractivity contribution in [2.24, 2.45) is 0 Å². The number of hydrogen-bond donors (Lipinski definition) is 2. The molecule has 0 aliphatic carbocycles. The van der Waals surface area contributed by atoms with Gasteiger partial charge < -0.3 is 5.73 Å². The highest BCUT2D eigenvalue weighted by Gasteiger charge is 2.20. The second-order valence-corrected chi connectivity index (χ2v) is 7.46. The van der Waals surface area contributed by atoms with Gasteiger partial charge in [-0.25, -0.2) is 13.1 Å². The van der Waals surface area contributed by atoms with Crippen LogP contribution in [0.3, 0.4) is 0 Å². The first kappa shape index (κ1) is 18.6. The van der Waals surface area contributed by atoms with Crippen molar-refractivity contribution in [1.29, 1.82) is 0 Å². The quantitative estimate of drug-likeness (QED) is 0.516. The van der Waals surface area contributed by atoms with Gasteiger partial charge in [-0.3, -0.25) is 0 Å². The van der Waals surface area contributed by atoms with E-state index < -0.39 is 10.0 Å². The van der Waals surface area contributed by atoms with Crippen LogP contribution in [0.25, 0.3) is 0 Å². The number of hydrogen-bond acceptors (Lipinski definition) is 3. The lowest BCUT2D eigenvalue weighted by molar-refractivity contribution is 0.568. The maximum Gasteiger partial charge on any atom is 0.242 e. The van der Waals surface area contributed by atoms with Gasteiger partial charge in [-0.2, -0.15) is 0 Å².